The lowest BCUT2D eigenvalue weighted by atomic mass is 9.89. The number of rotatable bonds is 4. The Balaban J connectivity index is 2.56. The largest absolute Gasteiger partial charge is 0.508 e. The second kappa shape index (κ2) is 6.34. The fourth-order valence-corrected chi connectivity index (χ4v) is 2.27. The summed E-state index contributed by atoms with van der Waals surface area (Å²) in [5.74, 6) is -1.17. The molecule has 2 aromatic rings. The van der Waals surface area contributed by atoms with E-state index in [1.54, 1.807) is 19.1 Å². The van der Waals surface area contributed by atoms with E-state index in [4.69, 9.17) is 4.42 Å². The summed E-state index contributed by atoms with van der Waals surface area (Å²) in [4.78, 5) is 23.7. The van der Waals surface area contributed by atoms with Crippen LogP contribution in [0.1, 0.15) is 29.2 Å². The average molecular weight is 304 g/mol. The standard InChI is InChI=1S/C16H16O6/c1-9-7-13(18)15(16(20)22-9)12(8-14(19)21-2)10-3-5-11(17)6-4-10/h3-7,12,17-18H,8H2,1-2H3/t12-/m1/s1. The van der Waals surface area contributed by atoms with Gasteiger partial charge >= 0.3 is 11.6 Å². The molecule has 0 unspecified atom stereocenters. The third kappa shape index (κ3) is 3.28. The summed E-state index contributed by atoms with van der Waals surface area (Å²) in [5.41, 5.74) is -0.143. The number of hydrogen-bond acceptors (Lipinski definition) is 6. The highest BCUT2D eigenvalue weighted by molar-refractivity contribution is 5.71. The first-order valence-corrected chi connectivity index (χ1v) is 6.61. The number of aromatic hydroxyl groups is 2. The van der Waals surface area contributed by atoms with Gasteiger partial charge in [0, 0.05) is 12.0 Å². The van der Waals surface area contributed by atoms with Crippen molar-refractivity contribution in [1.29, 1.82) is 0 Å². The number of phenolic OH excluding ortho intramolecular Hbond substituents is 1. The van der Waals surface area contributed by atoms with Gasteiger partial charge in [-0.1, -0.05) is 12.1 Å². The lowest BCUT2D eigenvalue weighted by Crippen LogP contribution is -2.18. The third-order valence-corrected chi connectivity index (χ3v) is 3.33. The second-order valence-electron chi connectivity index (χ2n) is 4.87. The number of benzene rings is 1. The van der Waals surface area contributed by atoms with Crippen molar-refractivity contribution in [3.63, 3.8) is 0 Å². The first-order chi connectivity index (χ1) is 10.4. The molecule has 1 atom stereocenters. The molecule has 0 saturated heterocycles. The number of methoxy groups -OCH3 is 1. The Bertz CT molecular complexity index is 729. The molecule has 1 aromatic carbocycles. The summed E-state index contributed by atoms with van der Waals surface area (Å²) < 4.78 is 9.66. The van der Waals surface area contributed by atoms with Crippen LogP contribution in [0.15, 0.2) is 39.5 Å². The number of aryl methyl sites for hydroxylation is 1. The normalized spacial score (nSPS) is 11.9. The first kappa shape index (κ1) is 15.6. The zero-order valence-electron chi connectivity index (χ0n) is 12.2. The summed E-state index contributed by atoms with van der Waals surface area (Å²) >= 11 is 0. The molecule has 0 spiro atoms. The van der Waals surface area contributed by atoms with E-state index in [1.165, 1.54) is 25.3 Å². The highest BCUT2D eigenvalue weighted by Gasteiger charge is 2.26. The molecule has 0 fully saturated rings. The van der Waals surface area contributed by atoms with E-state index >= 15 is 0 Å². The van der Waals surface area contributed by atoms with Gasteiger partial charge < -0.3 is 19.4 Å². The van der Waals surface area contributed by atoms with Gasteiger partial charge in [-0.15, -0.1) is 0 Å². The number of phenols is 1. The molecule has 1 heterocycles. The Kier molecular flexibility index (Phi) is 4.50. The van der Waals surface area contributed by atoms with Crippen molar-refractivity contribution in [3.8, 4) is 11.5 Å². The Labute approximate surface area is 126 Å². The SMILES string of the molecule is COC(=O)C[C@H](c1ccc(O)cc1)c1c(O)cc(C)oc1=O. The molecule has 116 valence electrons. The van der Waals surface area contributed by atoms with Crippen LogP contribution in [0, 0.1) is 6.92 Å². The van der Waals surface area contributed by atoms with Crippen LogP contribution in [-0.4, -0.2) is 23.3 Å². The van der Waals surface area contributed by atoms with E-state index in [0.717, 1.165) is 0 Å². The minimum absolute atomic E-state index is 0.0123. The molecule has 6 heteroatoms. The molecule has 0 aliphatic heterocycles. The maximum atomic E-state index is 12.1. The van der Waals surface area contributed by atoms with Crippen molar-refractivity contribution < 1.29 is 24.2 Å². The smallest absolute Gasteiger partial charge is 0.343 e. The molecule has 0 radical (unpaired) electrons. The van der Waals surface area contributed by atoms with Gasteiger partial charge in [0.1, 0.15) is 17.3 Å². The van der Waals surface area contributed by atoms with E-state index in [2.05, 4.69) is 4.74 Å². The Morgan fingerprint density at radius 3 is 2.45 bits per heavy atom. The van der Waals surface area contributed by atoms with E-state index in [9.17, 15) is 19.8 Å². The van der Waals surface area contributed by atoms with Crippen LogP contribution in [0.2, 0.25) is 0 Å². The predicted octanol–water partition coefficient (Wildman–Crippen LogP) is 2.05. The zero-order valence-corrected chi connectivity index (χ0v) is 12.2. The monoisotopic (exact) mass is 304 g/mol. The average Bonchev–Trinajstić information content (AvgIpc) is 2.46. The number of esters is 1. The van der Waals surface area contributed by atoms with Gasteiger partial charge in [-0.3, -0.25) is 4.79 Å². The third-order valence-electron chi connectivity index (χ3n) is 3.33. The summed E-state index contributed by atoms with van der Waals surface area (Å²) in [6.07, 6.45) is -0.136. The lowest BCUT2D eigenvalue weighted by molar-refractivity contribution is -0.140. The van der Waals surface area contributed by atoms with Crippen LogP contribution in [0.25, 0.3) is 0 Å². The zero-order chi connectivity index (χ0) is 16.3. The van der Waals surface area contributed by atoms with E-state index in [1.807, 2.05) is 0 Å². The quantitative estimate of drug-likeness (QED) is 0.839. The molecule has 6 nitrogen and oxygen atoms in total. The van der Waals surface area contributed by atoms with Crippen molar-refractivity contribution in [1.82, 2.24) is 0 Å². The predicted molar refractivity (Wildman–Crippen MR) is 78.0 cm³/mol. The lowest BCUT2D eigenvalue weighted by Gasteiger charge is -2.17. The summed E-state index contributed by atoms with van der Waals surface area (Å²) in [5, 5.41) is 19.4. The summed E-state index contributed by atoms with van der Waals surface area (Å²) in [7, 11) is 1.24. The van der Waals surface area contributed by atoms with Crippen molar-refractivity contribution in [2.45, 2.75) is 19.3 Å². The Hall–Kier alpha value is -2.76. The van der Waals surface area contributed by atoms with Crippen LogP contribution in [0.4, 0.5) is 0 Å². The van der Waals surface area contributed by atoms with Crippen LogP contribution in [0.3, 0.4) is 0 Å². The van der Waals surface area contributed by atoms with Crippen LogP contribution in [0.5, 0.6) is 11.5 Å². The van der Waals surface area contributed by atoms with Crippen molar-refractivity contribution in [2.75, 3.05) is 7.11 Å². The summed E-state index contributed by atoms with van der Waals surface area (Å²) in [6.45, 7) is 1.54. The van der Waals surface area contributed by atoms with E-state index in [0.29, 0.717) is 5.56 Å². The van der Waals surface area contributed by atoms with Crippen LogP contribution < -0.4 is 5.63 Å². The van der Waals surface area contributed by atoms with E-state index in [-0.39, 0.29) is 29.2 Å². The van der Waals surface area contributed by atoms with Crippen molar-refractivity contribution in [3.05, 3.63) is 57.6 Å². The molecule has 1 aromatic heterocycles. The molecule has 0 saturated carbocycles. The second-order valence-corrected chi connectivity index (χ2v) is 4.87. The van der Waals surface area contributed by atoms with Gasteiger partial charge in [0.15, 0.2) is 0 Å². The fraction of sp³-hybridized carbons (Fsp3) is 0.250. The van der Waals surface area contributed by atoms with Gasteiger partial charge in [0.25, 0.3) is 0 Å². The highest BCUT2D eigenvalue weighted by Crippen LogP contribution is 2.33. The molecule has 0 aliphatic carbocycles. The van der Waals surface area contributed by atoms with Crippen LogP contribution >= 0.6 is 0 Å². The molecule has 22 heavy (non-hydrogen) atoms. The highest BCUT2D eigenvalue weighted by atomic mass is 16.5. The molecule has 0 amide bonds. The molecule has 0 bridgehead atoms. The molecule has 2 N–H and O–H groups in total. The van der Waals surface area contributed by atoms with Gasteiger partial charge in [0.2, 0.25) is 0 Å². The van der Waals surface area contributed by atoms with Crippen molar-refractivity contribution >= 4 is 5.97 Å². The minimum atomic E-state index is -0.732. The van der Waals surface area contributed by atoms with Gasteiger partial charge in [0.05, 0.1) is 19.1 Å². The molecular formula is C16H16O6. The molecular weight excluding hydrogens is 288 g/mol. The summed E-state index contributed by atoms with van der Waals surface area (Å²) in [6, 6.07) is 7.34. The number of carbonyl (C=O) groups excluding carboxylic acids is 1. The molecule has 2 rings (SSSR count). The number of hydrogen-bond donors (Lipinski definition) is 2. The maximum absolute atomic E-state index is 12.1. The maximum Gasteiger partial charge on any atom is 0.343 e. The van der Waals surface area contributed by atoms with Gasteiger partial charge in [-0.25, -0.2) is 4.79 Å². The first-order valence-electron chi connectivity index (χ1n) is 6.61. The number of ether oxygens (including phenoxy) is 1. The van der Waals surface area contributed by atoms with E-state index < -0.39 is 17.5 Å². The fourth-order valence-electron chi connectivity index (χ4n) is 2.27. The van der Waals surface area contributed by atoms with Crippen molar-refractivity contribution in [2.24, 2.45) is 0 Å². The van der Waals surface area contributed by atoms with Gasteiger partial charge in [-0.2, -0.15) is 0 Å². The minimum Gasteiger partial charge on any atom is -0.508 e. The topological polar surface area (TPSA) is 97.0 Å². The van der Waals surface area contributed by atoms with Gasteiger partial charge in [-0.05, 0) is 24.6 Å². The Morgan fingerprint density at radius 2 is 1.91 bits per heavy atom. The molecule has 0 aliphatic rings. The van der Waals surface area contributed by atoms with Crippen LogP contribution in [-0.2, 0) is 9.53 Å². The Morgan fingerprint density at radius 1 is 1.27 bits per heavy atom. The number of carbonyl (C=O) groups is 1.